The lowest BCUT2D eigenvalue weighted by Crippen LogP contribution is -2.40. The second-order valence-electron chi connectivity index (χ2n) is 6.38. The topological polar surface area (TPSA) is 77.8 Å². The Kier molecular flexibility index (Phi) is 4.80. The Morgan fingerprint density at radius 2 is 2.11 bits per heavy atom. The summed E-state index contributed by atoms with van der Waals surface area (Å²) in [6.45, 7) is 7.15. The Labute approximate surface area is 115 Å². The third-order valence-electron chi connectivity index (χ3n) is 4.78. The number of carboxylic acids is 1. The molecule has 0 aliphatic heterocycles. The fourth-order valence-electron chi connectivity index (χ4n) is 3.06. The van der Waals surface area contributed by atoms with Gasteiger partial charge in [0.15, 0.2) is 0 Å². The summed E-state index contributed by atoms with van der Waals surface area (Å²) in [5, 5.41) is 29.5. The fraction of sp³-hybridized carbons (Fsp3) is 0.800. The molecule has 110 valence electrons. The first-order valence-corrected chi connectivity index (χ1v) is 6.93. The average Bonchev–Trinajstić information content (AvgIpc) is 2.54. The van der Waals surface area contributed by atoms with Crippen LogP contribution in [0.4, 0.5) is 0 Å². The van der Waals surface area contributed by atoms with E-state index in [1.165, 1.54) is 0 Å². The van der Waals surface area contributed by atoms with Crippen LogP contribution in [0, 0.1) is 11.8 Å². The molecule has 4 atom stereocenters. The smallest absolute Gasteiger partial charge is 0.330 e. The third kappa shape index (κ3) is 3.80. The quantitative estimate of drug-likeness (QED) is 0.670. The van der Waals surface area contributed by atoms with E-state index < -0.39 is 17.2 Å². The lowest BCUT2D eigenvalue weighted by Gasteiger charge is -2.35. The van der Waals surface area contributed by atoms with Gasteiger partial charge in [-0.05, 0) is 58.3 Å². The Morgan fingerprint density at radius 1 is 1.53 bits per heavy atom. The summed E-state index contributed by atoms with van der Waals surface area (Å²) in [5.41, 5.74) is -1.27. The average molecular weight is 270 g/mol. The zero-order valence-corrected chi connectivity index (χ0v) is 12.3. The second-order valence-corrected chi connectivity index (χ2v) is 6.38. The Hall–Kier alpha value is -0.870. The Bertz CT molecular complexity index is 368. The number of aliphatic hydroxyl groups is 2. The number of carboxylic acid groups (broad SMARTS) is 1. The highest BCUT2D eigenvalue weighted by Gasteiger charge is 2.47. The van der Waals surface area contributed by atoms with E-state index in [0.29, 0.717) is 24.8 Å². The summed E-state index contributed by atoms with van der Waals surface area (Å²) in [6.07, 6.45) is 4.22. The molecule has 19 heavy (non-hydrogen) atoms. The van der Waals surface area contributed by atoms with Gasteiger partial charge in [0.25, 0.3) is 0 Å². The van der Waals surface area contributed by atoms with Gasteiger partial charge in [-0.1, -0.05) is 13.0 Å². The van der Waals surface area contributed by atoms with Gasteiger partial charge in [0.1, 0.15) is 0 Å². The molecule has 0 aromatic carbocycles. The molecule has 1 aliphatic carbocycles. The molecule has 0 amide bonds. The number of allylic oxidation sites excluding steroid dienone is 1. The SMILES string of the molecule is C/C(=C\CCC(C)(O)[C@@H]1CC[C@@](C)(O)[C@H]1C)C(=O)O. The first kappa shape index (κ1) is 16.2. The highest BCUT2D eigenvalue weighted by Crippen LogP contribution is 2.46. The molecule has 0 spiro atoms. The van der Waals surface area contributed by atoms with Crippen molar-refractivity contribution < 1.29 is 20.1 Å². The van der Waals surface area contributed by atoms with E-state index in [1.807, 2.05) is 13.8 Å². The van der Waals surface area contributed by atoms with Crippen LogP contribution < -0.4 is 0 Å². The van der Waals surface area contributed by atoms with Crippen molar-refractivity contribution in [3.63, 3.8) is 0 Å². The fourth-order valence-corrected chi connectivity index (χ4v) is 3.06. The van der Waals surface area contributed by atoms with Crippen LogP contribution in [0.2, 0.25) is 0 Å². The van der Waals surface area contributed by atoms with Crippen LogP contribution in [0.5, 0.6) is 0 Å². The van der Waals surface area contributed by atoms with Gasteiger partial charge in [-0.2, -0.15) is 0 Å². The molecule has 3 N–H and O–H groups in total. The molecule has 1 rings (SSSR count). The number of hydrogen-bond acceptors (Lipinski definition) is 3. The Morgan fingerprint density at radius 3 is 2.53 bits per heavy atom. The monoisotopic (exact) mass is 270 g/mol. The number of carbonyl (C=O) groups is 1. The molecule has 0 bridgehead atoms. The van der Waals surface area contributed by atoms with E-state index in [-0.39, 0.29) is 11.8 Å². The van der Waals surface area contributed by atoms with Crippen LogP contribution in [0.15, 0.2) is 11.6 Å². The predicted molar refractivity (Wildman–Crippen MR) is 73.8 cm³/mol. The molecule has 4 nitrogen and oxygen atoms in total. The van der Waals surface area contributed by atoms with E-state index >= 15 is 0 Å². The van der Waals surface area contributed by atoms with Crippen LogP contribution in [0.25, 0.3) is 0 Å². The minimum atomic E-state index is -0.920. The Balaban J connectivity index is 2.62. The molecule has 0 heterocycles. The van der Waals surface area contributed by atoms with E-state index in [4.69, 9.17) is 5.11 Å². The van der Waals surface area contributed by atoms with Crippen molar-refractivity contribution in [2.75, 3.05) is 0 Å². The highest BCUT2D eigenvalue weighted by atomic mass is 16.4. The standard InChI is InChI=1S/C15H26O4/c1-10(13(16)17)6-5-8-15(4,19)12-7-9-14(3,18)11(12)2/h6,11-12,18-19H,5,7-9H2,1-4H3,(H,16,17)/b10-6+/t11-,12+,14+,15?/m0/s1. The van der Waals surface area contributed by atoms with E-state index in [9.17, 15) is 15.0 Å². The van der Waals surface area contributed by atoms with Gasteiger partial charge in [-0.25, -0.2) is 4.79 Å². The first-order valence-electron chi connectivity index (χ1n) is 6.93. The van der Waals surface area contributed by atoms with Gasteiger partial charge < -0.3 is 15.3 Å². The number of rotatable bonds is 5. The molecule has 1 aliphatic rings. The van der Waals surface area contributed by atoms with Crippen LogP contribution in [0.3, 0.4) is 0 Å². The van der Waals surface area contributed by atoms with Crippen LogP contribution >= 0.6 is 0 Å². The van der Waals surface area contributed by atoms with E-state index in [1.54, 1.807) is 19.9 Å². The van der Waals surface area contributed by atoms with Gasteiger partial charge in [0.05, 0.1) is 11.2 Å². The second kappa shape index (κ2) is 5.63. The molecule has 4 heteroatoms. The van der Waals surface area contributed by atoms with E-state index in [2.05, 4.69) is 0 Å². The maximum atomic E-state index is 10.7. The normalized spacial score (nSPS) is 35.2. The van der Waals surface area contributed by atoms with Crippen molar-refractivity contribution >= 4 is 5.97 Å². The molecule has 0 radical (unpaired) electrons. The summed E-state index contributed by atoms with van der Waals surface area (Å²) in [5.74, 6) is -0.815. The molecule has 0 aromatic heterocycles. The molecule has 0 aromatic rings. The van der Waals surface area contributed by atoms with Crippen LogP contribution in [-0.2, 0) is 4.79 Å². The maximum Gasteiger partial charge on any atom is 0.330 e. The van der Waals surface area contributed by atoms with Crippen molar-refractivity contribution in [1.29, 1.82) is 0 Å². The lowest BCUT2D eigenvalue weighted by atomic mass is 9.76. The molecule has 1 fully saturated rings. The zero-order chi connectivity index (χ0) is 14.8. The zero-order valence-electron chi connectivity index (χ0n) is 12.3. The van der Waals surface area contributed by atoms with Crippen LogP contribution in [0.1, 0.15) is 53.4 Å². The largest absolute Gasteiger partial charge is 0.478 e. The summed E-state index contributed by atoms with van der Waals surface area (Å²) in [6, 6.07) is 0. The van der Waals surface area contributed by atoms with Crippen molar-refractivity contribution in [3.05, 3.63) is 11.6 Å². The van der Waals surface area contributed by atoms with Gasteiger partial charge in [-0.15, -0.1) is 0 Å². The molecule has 1 unspecified atom stereocenters. The highest BCUT2D eigenvalue weighted by molar-refractivity contribution is 5.85. The summed E-state index contributed by atoms with van der Waals surface area (Å²) < 4.78 is 0. The lowest BCUT2D eigenvalue weighted by molar-refractivity contribution is -0.132. The minimum absolute atomic E-state index is 0.0482. The van der Waals surface area contributed by atoms with Crippen molar-refractivity contribution in [2.45, 2.75) is 64.6 Å². The van der Waals surface area contributed by atoms with Gasteiger partial charge in [0, 0.05) is 5.57 Å². The summed E-state index contributed by atoms with van der Waals surface area (Å²) >= 11 is 0. The number of hydrogen-bond donors (Lipinski definition) is 3. The van der Waals surface area contributed by atoms with Crippen LogP contribution in [-0.4, -0.2) is 32.5 Å². The van der Waals surface area contributed by atoms with Gasteiger partial charge >= 0.3 is 5.97 Å². The molecular formula is C15H26O4. The third-order valence-corrected chi connectivity index (χ3v) is 4.78. The van der Waals surface area contributed by atoms with Crippen molar-refractivity contribution in [1.82, 2.24) is 0 Å². The predicted octanol–water partition coefficient (Wildman–Crippen LogP) is 2.35. The summed E-state index contributed by atoms with van der Waals surface area (Å²) in [4.78, 5) is 10.7. The summed E-state index contributed by atoms with van der Waals surface area (Å²) in [7, 11) is 0. The van der Waals surface area contributed by atoms with Crippen molar-refractivity contribution in [3.8, 4) is 0 Å². The maximum absolute atomic E-state index is 10.7. The van der Waals surface area contributed by atoms with E-state index in [0.717, 1.165) is 6.42 Å². The molecular weight excluding hydrogens is 244 g/mol. The molecule has 1 saturated carbocycles. The number of aliphatic carboxylic acids is 1. The van der Waals surface area contributed by atoms with Gasteiger partial charge in [0.2, 0.25) is 0 Å². The van der Waals surface area contributed by atoms with Gasteiger partial charge in [-0.3, -0.25) is 0 Å². The minimum Gasteiger partial charge on any atom is -0.478 e. The first-order chi connectivity index (χ1) is 8.58. The van der Waals surface area contributed by atoms with Crippen molar-refractivity contribution in [2.24, 2.45) is 11.8 Å². The molecule has 0 saturated heterocycles.